The SMILES string of the molecule is CC1(C)CC[C@@]2(CO)C(=C3C=C[C@H]4[C@@]5(C)CC[C@H](O)[C@@](C)(CO)[C@@H]5CC[C@@]4(C)[C@]3(C)C[C@@H]2O)C1. The number of hydrogen-bond donors (Lipinski definition) is 4. The summed E-state index contributed by atoms with van der Waals surface area (Å²) < 4.78 is 0. The van der Waals surface area contributed by atoms with Crippen LogP contribution in [0.15, 0.2) is 23.3 Å². The molecule has 0 saturated heterocycles. The van der Waals surface area contributed by atoms with E-state index in [1.165, 1.54) is 11.1 Å². The Morgan fingerprint density at radius 1 is 0.853 bits per heavy atom. The molecule has 0 aliphatic heterocycles. The van der Waals surface area contributed by atoms with Crippen molar-refractivity contribution >= 4 is 0 Å². The average Bonchev–Trinajstić information content (AvgIpc) is 2.77. The zero-order valence-corrected chi connectivity index (χ0v) is 22.3. The van der Waals surface area contributed by atoms with Crippen LogP contribution in [0, 0.1) is 44.3 Å². The lowest BCUT2D eigenvalue weighted by Gasteiger charge is -2.70. The molecule has 0 spiro atoms. The van der Waals surface area contributed by atoms with Crippen LogP contribution in [0.25, 0.3) is 0 Å². The number of aliphatic hydroxyl groups excluding tert-OH is 4. The molecule has 3 saturated carbocycles. The summed E-state index contributed by atoms with van der Waals surface area (Å²) in [6, 6.07) is 0. The molecule has 3 fully saturated rings. The smallest absolute Gasteiger partial charge is 0.0664 e. The Balaban J connectivity index is 1.68. The molecule has 0 bridgehead atoms. The Hall–Kier alpha value is -0.680. The van der Waals surface area contributed by atoms with Crippen molar-refractivity contribution in [3.8, 4) is 0 Å². The van der Waals surface area contributed by atoms with Crippen LogP contribution in [0.5, 0.6) is 0 Å². The van der Waals surface area contributed by atoms with Gasteiger partial charge in [0.05, 0.1) is 25.4 Å². The number of rotatable bonds is 2. The molecule has 0 aromatic carbocycles. The van der Waals surface area contributed by atoms with E-state index in [2.05, 4.69) is 53.7 Å². The summed E-state index contributed by atoms with van der Waals surface area (Å²) in [6.45, 7) is 14.1. The van der Waals surface area contributed by atoms with Crippen LogP contribution in [0.1, 0.15) is 92.9 Å². The van der Waals surface area contributed by atoms with E-state index in [9.17, 15) is 20.4 Å². The summed E-state index contributed by atoms with van der Waals surface area (Å²) in [6.07, 6.45) is 11.1. The summed E-state index contributed by atoms with van der Waals surface area (Å²) in [4.78, 5) is 0. The predicted octanol–water partition coefficient (Wildman–Crippen LogP) is 5.00. The lowest BCUT2D eigenvalue weighted by atomic mass is 9.35. The van der Waals surface area contributed by atoms with Gasteiger partial charge < -0.3 is 20.4 Å². The van der Waals surface area contributed by atoms with Gasteiger partial charge in [-0.05, 0) is 85.0 Å². The van der Waals surface area contributed by atoms with Gasteiger partial charge in [-0.2, -0.15) is 0 Å². The van der Waals surface area contributed by atoms with E-state index < -0.39 is 23.0 Å². The third-order valence-corrected chi connectivity index (χ3v) is 12.7. The van der Waals surface area contributed by atoms with Crippen LogP contribution in [0.2, 0.25) is 0 Å². The van der Waals surface area contributed by atoms with Crippen molar-refractivity contribution in [2.45, 2.75) is 105 Å². The summed E-state index contributed by atoms with van der Waals surface area (Å²) in [5.41, 5.74) is 1.75. The first-order chi connectivity index (χ1) is 15.7. The number of fused-ring (bicyclic) bond motifs is 6. The van der Waals surface area contributed by atoms with Crippen molar-refractivity contribution in [2.24, 2.45) is 44.3 Å². The first kappa shape index (κ1) is 25.0. The topological polar surface area (TPSA) is 80.9 Å². The highest BCUT2D eigenvalue weighted by molar-refractivity contribution is 5.47. The van der Waals surface area contributed by atoms with Crippen molar-refractivity contribution in [1.29, 1.82) is 0 Å². The lowest BCUT2D eigenvalue weighted by Crippen LogP contribution is -2.65. The highest BCUT2D eigenvalue weighted by Crippen LogP contribution is 2.74. The van der Waals surface area contributed by atoms with E-state index in [-0.39, 0.29) is 40.8 Å². The maximum absolute atomic E-state index is 11.7. The van der Waals surface area contributed by atoms with E-state index in [4.69, 9.17) is 0 Å². The van der Waals surface area contributed by atoms with Crippen LogP contribution in [0.4, 0.5) is 0 Å². The van der Waals surface area contributed by atoms with E-state index in [0.29, 0.717) is 12.3 Å². The maximum Gasteiger partial charge on any atom is 0.0664 e. The van der Waals surface area contributed by atoms with Crippen molar-refractivity contribution < 1.29 is 20.4 Å². The van der Waals surface area contributed by atoms with Crippen LogP contribution < -0.4 is 0 Å². The Morgan fingerprint density at radius 3 is 2.21 bits per heavy atom. The molecule has 0 aromatic rings. The van der Waals surface area contributed by atoms with Gasteiger partial charge in [-0.25, -0.2) is 0 Å². The van der Waals surface area contributed by atoms with E-state index >= 15 is 0 Å². The zero-order valence-electron chi connectivity index (χ0n) is 22.3. The second kappa shape index (κ2) is 7.43. The van der Waals surface area contributed by atoms with E-state index in [1.807, 2.05) is 0 Å². The molecule has 4 N–H and O–H groups in total. The minimum Gasteiger partial charge on any atom is -0.396 e. The summed E-state index contributed by atoms with van der Waals surface area (Å²) in [5.74, 6) is 0.602. The quantitative estimate of drug-likeness (QED) is 0.456. The first-order valence-corrected chi connectivity index (χ1v) is 13.7. The minimum atomic E-state index is -0.525. The summed E-state index contributed by atoms with van der Waals surface area (Å²) >= 11 is 0. The Morgan fingerprint density at radius 2 is 1.56 bits per heavy atom. The molecule has 192 valence electrons. The summed E-state index contributed by atoms with van der Waals surface area (Å²) in [7, 11) is 0. The highest BCUT2D eigenvalue weighted by atomic mass is 16.3. The van der Waals surface area contributed by atoms with Gasteiger partial charge in [0.15, 0.2) is 0 Å². The van der Waals surface area contributed by atoms with Gasteiger partial charge in [0.25, 0.3) is 0 Å². The number of allylic oxidation sites excluding steroid dienone is 3. The number of aliphatic hydroxyl groups is 4. The normalized spacial score (nSPS) is 54.1. The maximum atomic E-state index is 11.7. The lowest BCUT2D eigenvalue weighted by molar-refractivity contribution is -0.203. The number of hydrogen-bond acceptors (Lipinski definition) is 4. The van der Waals surface area contributed by atoms with Gasteiger partial charge in [0, 0.05) is 16.2 Å². The molecule has 34 heavy (non-hydrogen) atoms. The molecule has 5 rings (SSSR count). The third-order valence-electron chi connectivity index (χ3n) is 12.7. The molecule has 0 heterocycles. The Bertz CT molecular complexity index is 921. The average molecular weight is 473 g/mol. The predicted molar refractivity (Wildman–Crippen MR) is 135 cm³/mol. The molecular weight excluding hydrogens is 424 g/mol. The van der Waals surface area contributed by atoms with Gasteiger partial charge in [-0.1, -0.05) is 59.3 Å². The fourth-order valence-electron chi connectivity index (χ4n) is 10.1. The molecule has 4 heteroatoms. The molecule has 5 aliphatic carbocycles. The van der Waals surface area contributed by atoms with Crippen molar-refractivity contribution in [3.05, 3.63) is 23.3 Å². The van der Waals surface area contributed by atoms with Gasteiger partial charge in [0.2, 0.25) is 0 Å². The largest absolute Gasteiger partial charge is 0.396 e. The molecule has 0 amide bonds. The van der Waals surface area contributed by atoms with Crippen LogP contribution in [0.3, 0.4) is 0 Å². The molecular formula is C30H48O4. The highest BCUT2D eigenvalue weighted by Gasteiger charge is 2.68. The van der Waals surface area contributed by atoms with Crippen LogP contribution in [-0.4, -0.2) is 45.8 Å². The molecule has 0 aromatic heterocycles. The Labute approximate surface area is 206 Å². The Kier molecular flexibility index (Phi) is 5.46. The van der Waals surface area contributed by atoms with Crippen LogP contribution in [-0.2, 0) is 0 Å². The van der Waals surface area contributed by atoms with Crippen molar-refractivity contribution in [2.75, 3.05) is 13.2 Å². The fraction of sp³-hybridized carbons (Fsp3) is 0.867. The van der Waals surface area contributed by atoms with Crippen molar-refractivity contribution in [1.82, 2.24) is 0 Å². The van der Waals surface area contributed by atoms with Gasteiger partial charge in [-0.15, -0.1) is 0 Å². The molecule has 4 nitrogen and oxygen atoms in total. The molecule has 0 radical (unpaired) electrons. The van der Waals surface area contributed by atoms with E-state index in [1.54, 1.807) is 0 Å². The standard InChI is InChI=1S/C30H48O4/c1-25(2)13-14-30(18-32)20(15-25)19-7-8-22-26(3)11-10-23(33)27(4,17-31)21(26)9-12-28(22,5)29(19,6)16-24(30)34/h7-8,21-24,31-34H,9-18H2,1-6H3/t21-,22+,23+,24+,26+,27+,28-,29-,30-/m1/s1. The molecule has 5 aliphatic rings. The minimum absolute atomic E-state index is 0.00171. The summed E-state index contributed by atoms with van der Waals surface area (Å²) in [5, 5.41) is 43.6. The fourth-order valence-corrected chi connectivity index (χ4v) is 10.1. The zero-order chi connectivity index (χ0) is 24.9. The van der Waals surface area contributed by atoms with Gasteiger partial charge in [0.1, 0.15) is 0 Å². The second-order valence-electron chi connectivity index (χ2n) is 14.7. The molecule has 0 unspecified atom stereocenters. The van der Waals surface area contributed by atoms with Crippen molar-refractivity contribution in [3.63, 3.8) is 0 Å². The first-order valence-electron chi connectivity index (χ1n) is 13.7. The van der Waals surface area contributed by atoms with Gasteiger partial charge >= 0.3 is 0 Å². The van der Waals surface area contributed by atoms with E-state index in [0.717, 1.165) is 44.9 Å². The third kappa shape index (κ3) is 2.86. The monoisotopic (exact) mass is 472 g/mol. The second-order valence-corrected chi connectivity index (χ2v) is 14.7. The van der Waals surface area contributed by atoms with Gasteiger partial charge in [-0.3, -0.25) is 0 Å². The molecule has 9 atom stereocenters. The van der Waals surface area contributed by atoms with Crippen LogP contribution >= 0.6 is 0 Å².